The molecule has 0 spiro atoms. The molecule has 0 saturated heterocycles. The largest absolute Gasteiger partial charge is 0.481 e. The zero-order chi connectivity index (χ0) is 22.5. The maximum atomic E-state index is 12.7. The smallest absolute Gasteiger partial charge is 0.338 e. The van der Waals surface area contributed by atoms with Crippen LogP contribution in [0.5, 0.6) is 5.75 Å². The first-order chi connectivity index (χ1) is 14.1. The molecular formula is C21H26N2O6S. The first kappa shape index (κ1) is 23.2. The molecule has 0 fully saturated rings. The number of benzene rings is 2. The maximum absolute atomic E-state index is 12.7. The number of esters is 1. The third-order valence-corrected chi connectivity index (χ3v) is 5.84. The molecule has 1 N–H and O–H groups in total. The van der Waals surface area contributed by atoms with E-state index in [0.717, 1.165) is 10.6 Å². The summed E-state index contributed by atoms with van der Waals surface area (Å²) in [5.74, 6) is -0.409. The highest BCUT2D eigenvalue weighted by atomic mass is 32.2. The summed E-state index contributed by atoms with van der Waals surface area (Å²) in [6.07, 6.45) is 0.753. The van der Waals surface area contributed by atoms with E-state index in [1.54, 1.807) is 49.4 Å². The molecule has 0 bridgehead atoms. The van der Waals surface area contributed by atoms with Crippen molar-refractivity contribution in [3.05, 3.63) is 53.6 Å². The molecule has 0 aliphatic rings. The van der Waals surface area contributed by atoms with Crippen LogP contribution >= 0.6 is 0 Å². The Labute approximate surface area is 176 Å². The second-order valence-corrected chi connectivity index (χ2v) is 8.71. The molecule has 0 aliphatic heterocycles. The fourth-order valence-electron chi connectivity index (χ4n) is 2.73. The van der Waals surface area contributed by atoms with Crippen molar-refractivity contribution in [1.29, 1.82) is 0 Å². The number of ether oxygens (including phenoxy) is 2. The summed E-state index contributed by atoms with van der Waals surface area (Å²) < 4.78 is 34.9. The minimum absolute atomic E-state index is 0.361. The van der Waals surface area contributed by atoms with Crippen LogP contribution in [0.25, 0.3) is 0 Å². The molecule has 8 nitrogen and oxygen atoms in total. The zero-order valence-electron chi connectivity index (χ0n) is 17.6. The highest BCUT2D eigenvalue weighted by Gasteiger charge is 2.21. The molecule has 0 aromatic heterocycles. The highest BCUT2D eigenvalue weighted by Crippen LogP contribution is 2.23. The molecular weight excluding hydrogens is 408 g/mol. The molecule has 30 heavy (non-hydrogen) atoms. The van der Waals surface area contributed by atoms with E-state index >= 15 is 0 Å². The third-order valence-electron chi connectivity index (χ3n) is 4.64. The molecule has 1 atom stereocenters. The predicted octanol–water partition coefficient (Wildman–Crippen LogP) is 2.97. The summed E-state index contributed by atoms with van der Waals surface area (Å²) in [7, 11) is -0.610. The summed E-state index contributed by atoms with van der Waals surface area (Å²) in [6.45, 7) is 3.54. The summed E-state index contributed by atoms with van der Waals surface area (Å²) >= 11 is 0. The van der Waals surface area contributed by atoms with Gasteiger partial charge in [-0.1, -0.05) is 13.0 Å². The maximum Gasteiger partial charge on any atom is 0.338 e. The molecule has 0 unspecified atom stereocenters. The van der Waals surface area contributed by atoms with Gasteiger partial charge in [-0.2, -0.15) is 0 Å². The molecule has 1 amide bonds. The number of hydrogen-bond donors (Lipinski definition) is 1. The Balaban J connectivity index is 2.13. The SMILES string of the molecule is CC[C@@H](Oc1ccc(N(C)S(C)(=O)=O)cc1)C(=O)Nc1cccc(C(=O)OC)c1C. The molecule has 0 radical (unpaired) electrons. The molecule has 2 rings (SSSR count). The first-order valence-electron chi connectivity index (χ1n) is 9.27. The molecule has 2 aromatic rings. The number of carbonyl (C=O) groups is 2. The van der Waals surface area contributed by atoms with Crippen molar-refractivity contribution in [2.75, 3.05) is 30.0 Å². The van der Waals surface area contributed by atoms with Crippen LogP contribution in [0.2, 0.25) is 0 Å². The number of carbonyl (C=O) groups excluding carboxylic acids is 2. The normalized spacial score (nSPS) is 12.0. The number of hydrogen-bond acceptors (Lipinski definition) is 6. The summed E-state index contributed by atoms with van der Waals surface area (Å²) in [6, 6.07) is 11.4. The van der Waals surface area contributed by atoms with Crippen molar-refractivity contribution in [2.45, 2.75) is 26.4 Å². The molecule has 9 heteroatoms. The van der Waals surface area contributed by atoms with Crippen molar-refractivity contribution >= 4 is 33.3 Å². The molecule has 0 heterocycles. The van der Waals surface area contributed by atoms with E-state index in [2.05, 4.69) is 5.32 Å². The molecule has 0 aliphatic carbocycles. The number of sulfonamides is 1. The number of nitrogens with one attached hydrogen (secondary N) is 1. The predicted molar refractivity (Wildman–Crippen MR) is 116 cm³/mol. The van der Waals surface area contributed by atoms with Crippen molar-refractivity contribution in [1.82, 2.24) is 0 Å². The van der Waals surface area contributed by atoms with Crippen LogP contribution < -0.4 is 14.4 Å². The van der Waals surface area contributed by atoms with Gasteiger partial charge in [-0.05, 0) is 55.3 Å². The van der Waals surface area contributed by atoms with Crippen LogP contribution in [0.15, 0.2) is 42.5 Å². The van der Waals surface area contributed by atoms with Gasteiger partial charge in [0.2, 0.25) is 10.0 Å². The van der Waals surface area contributed by atoms with Crippen LogP contribution in [0.4, 0.5) is 11.4 Å². The summed E-state index contributed by atoms with van der Waals surface area (Å²) in [5.41, 5.74) is 1.95. The quantitative estimate of drug-likeness (QED) is 0.641. The van der Waals surface area contributed by atoms with Gasteiger partial charge in [0, 0.05) is 12.7 Å². The van der Waals surface area contributed by atoms with Crippen molar-refractivity contribution in [2.24, 2.45) is 0 Å². The molecule has 162 valence electrons. The fourth-order valence-corrected chi connectivity index (χ4v) is 3.23. The van der Waals surface area contributed by atoms with E-state index in [4.69, 9.17) is 9.47 Å². The van der Waals surface area contributed by atoms with Crippen LogP contribution in [0.1, 0.15) is 29.3 Å². The average molecular weight is 435 g/mol. The Hall–Kier alpha value is -3.07. The van der Waals surface area contributed by atoms with Gasteiger partial charge >= 0.3 is 5.97 Å². The van der Waals surface area contributed by atoms with Crippen molar-refractivity contribution in [3.8, 4) is 5.75 Å². The average Bonchev–Trinajstić information content (AvgIpc) is 2.72. The van der Waals surface area contributed by atoms with Crippen molar-refractivity contribution < 1.29 is 27.5 Å². The Morgan fingerprint density at radius 2 is 1.77 bits per heavy atom. The second kappa shape index (κ2) is 9.62. The lowest BCUT2D eigenvalue weighted by Gasteiger charge is -2.20. The Bertz CT molecular complexity index is 1020. The lowest BCUT2D eigenvalue weighted by molar-refractivity contribution is -0.122. The topological polar surface area (TPSA) is 102 Å². The minimum Gasteiger partial charge on any atom is -0.481 e. The number of nitrogens with zero attached hydrogens (tertiary/aromatic N) is 1. The van der Waals surface area contributed by atoms with E-state index < -0.39 is 22.1 Å². The molecule has 2 aromatic carbocycles. The number of amides is 1. The highest BCUT2D eigenvalue weighted by molar-refractivity contribution is 7.92. The van der Waals surface area contributed by atoms with E-state index in [1.165, 1.54) is 14.2 Å². The van der Waals surface area contributed by atoms with E-state index in [9.17, 15) is 18.0 Å². The molecule has 0 saturated carbocycles. The van der Waals surface area contributed by atoms with Gasteiger partial charge in [0.25, 0.3) is 5.91 Å². The lowest BCUT2D eigenvalue weighted by Crippen LogP contribution is -2.32. The summed E-state index contributed by atoms with van der Waals surface area (Å²) in [4.78, 5) is 24.6. The van der Waals surface area contributed by atoms with Gasteiger partial charge in [0.1, 0.15) is 5.75 Å². The Morgan fingerprint density at radius 3 is 2.30 bits per heavy atom. The van der Waals surface area contributed by atoms with Gasteiger partial charge in [0.15, 0.2) is 6.10 Å². The van der Waals surface area contributed by atoms with E-state index in [0.29, 0.717) is 34.7 Å². The van der Waals surface area contributed by atoms with Crippen LogP contribution in [0, 0.1) is 6.92 Å². The minimum atomic E-state index is -3.36. The van der Waals surface area contributed by atoms with Crippen LogP contribution in [-0.4, -0.2) is 46.8 Å². The van der Waals surface area contributed by atoms with Gasteiger partial charge in [-0.25, -0.2) is 13.2 Å². The second-order valence-electron chi connectivity index (χ2n) is 6.70. The van der Waals surface area contributed by atoms with E-state index in [1.807, 2.05) is 6.92 Å². The fraction of sp³-hybridized carbons (Fsp3) is 0.333. The zero-order valence-corrected chi connectivity index (χ0v) is 18.4. The lowest BCUT2D eigenvalue weighted by atomic mass is 10.1. The third kappa shape index (κ3) is 5.50. The van der Waals surface area contributed by atoms with Crippen LogP contribution in [-0.2, 0) is 19.6 Å². The van der Waals surface area contributed by atoms with E-state index in [-0.39, 0.29) is 5.91 Å². The van der Waals surface area contributed by atoms with Crippen LogP contribution in [0.3, 0.4) is 0 Å². The number of anilines is 2. The standard InChI is InChI=1S/C21H26N2O6S/c1-6-19(29-16-12-10-15(11-13-16)23(3)30(5,26)27)20(24)22-18-9-7-8-17(14(18)2)21(25)28-4/h7-13,19H,6H2,1-5H3,(H,22,24)/t19-/m1/s1. The first-order valence-corrected chi connectivity index (χ1v) is 11.1. The monoisotopic (exact) mass is 434 g/mol. The van der Waals surface area contributed by atoms with Gasteiger partial charge in [0.05, 0.1) is 24.6 Å². The van der Waals surface area contributed by atoms with Gasteiger partial charge < -0.3 is 14.8 Å². The van der Waals surface area contributed by atoms with Gasteiger partial charge in [-0.15, -0.1) is 0 Å². The summed E-state index contributed by atoms with van der Waals surface area (Å²) in [5, 5.41) is 2.79. The number of rotatable bonds is 8. The Morgan fingerprint density at radius 1 is 1.13 bits per heavy atom. The van der Waals surface area contributed by atoms with Crippen molar-refractivity contribution in [3.63, 3.8) is 0 Å². The number of methoxy groups -OCH3 is 1. The Kier molecular flexibility index (Phi) is 7.44. The van der Waals surface area contributed by atoms with Gasteiger partial charge in [-0.3, -0.25) is 9.10 Å².